The van der Waals surface area contributed by atoms with E-state index in [9.17, 15) is 9.59 Å². The quantitative estimate of drug-likeness (QED) is 0.477. The molecule has 0 saturated heterocycles. The summed E-state index contributed by atoms with van der Waals surface area (Å²) in [6.45, 7) is 2.32. The number of para-hydroxylation sites is 1. The number of rotatable bonds is 4. The maximum Gasteiger partial charge on any atom is 0.262 e. The van der Waals surface area contributed by atoms with Gasteiger partial charge in [-0.1, -0.05) is 49.4 Å². The molecule has 3 aromatic rings. The molecule has 0 radical (unpaired) electrons. The predicted octanol–water partition coefficient (Wildman–Crippen LogP) is 6.33. The van der Waals surface area contributed by atoms with Gasteiger partial charge in [-0.15, -0.1) is 23.1 Å². The average Bonchev–Trinajstić information content (AvgIpc) is 3.16. The maximum atomic E-state index is 13.1. The Morgan fingerprint density at radius 3 is 2.61 bits per heavy atom. The number of benzene rings is 2. The molecule has 0 saturated carbocycles. The molecule has 5 rings (SSSR count). The molecule has 1 aliphatic carbocycles. The van der Waals surface area contributed by atoms with Crippen molar-refractivity contribution in [3.8, 4) is 0 Å². The lowest BCUT2D eigenvalue weighted by Gasteiger charge is -2.20. The van der Waals surface area contributed by atoms with Gasteiger partial charge in [-0.25, -0.2) is 0 Å². The van der Waals surface area contributed by atoms with Crippen molar-refractivity contribution < 1.29 is 9.59 Å². The molecule has 5 heteroatoms. The summed E-state index contributed by atoms with van der Waals surface area (Å²) < 4.78 is 0. The van der Waals surface area contributed by atoms with Crippen LogP contribution in [-0.2, 0) is 23.4 Å². The van der Waals surface area contributed by atoms with E-state index in [-0.39, 0.29) is 11.7 Å². The number of amides is 1. The Kier molecular flexibility index (Phi) is 5.55. The van der Waals surface area contributed by atoms with E-state index in [4.69, 9.17) is 0 Å². The smallest absolute Gasteiger partial charge is 0.262 e. The molecule has 0 unspecified atom stereocenters. The SMILES string of the molecule is C[C@H]1CCc2c(sc3c2CSC(C(=O)Nc2ccccc2C(=O)c2ccccc2)=C3)C1. The van der Waals surface area contributed by atoms with Crippen LogP contribution in [0, 0.1) is 5.92 Å². The van der Waals surface area contributed by atoms with Gasteiger partial charge in [0.25, 0.3) is 5.91 Å². The van der Waals surface area contributed by atoms with Gasteiger partial charge >= 0.3 is 0 Å². The van der Waals surface area contributed by atoms with Crippen LogP contribution in [0.5, 0.6) is 0 Å². The van der Waals surface area contributed by atoms with Crippen molar-refractivity contribution in [3.05, 3.63) is 91.5 Å². The molecule has 2 aliphatic rings. The van der Waals surface area contributed by atoms with Gasteiger partial charge in [0.15, 0.2) is 5.78 Å². The number of ketones is 1. The van der Waals surface area contributed by atoms with Crippen molar-refractivity contribution in [1.82, 2.24) is 0 Å². The lowest BCUT2D eigenvalue weighted by atomic mass is 9.88. The summed E-state index contributed by atoms with van der Waals surface area (Å²) in [5.74, 6) is 1.35. The van der Waals surface area contributed by atoms with Gasteiger partial charge < -0.3 is 5.32 Å². The second-order valence-corrected chi connectivity index (χ2v) is 10.3. The topological polar surface area (TPSA) is 46.2 Å². The number of fused-ring (bicyclic) bond motifs is 3. The van der Waals surface area contributed by atoms with Crippen LogP contribution in [0.3, 0.4) is 0 Å². The van der Waals surface area contributed by atoms with Crippen molar-refractivity contribution in [2.24, 2.45) is 5.92 Å². The third-order valence-corrected chi connectivity index (χ3v) is 8.26. The highest BCUT2D eigenvalue weighted by Crippen LogP contribution is 2.43. The average molecular weight is 446 g/mol. The lowest BCUT2D eigenvalue weighted by Crippen LogP contribution is -2.17. The predicted molar refractivity (Wildman–Crippen MR) is 130 cm³/mol. The normalized spacial score (nSPS) is 17.3. The molecule has 3 nitrogen and oxygen atoms in total. The number of thioether (sulfide) groups is 1. The fraction of sp³-hybridized carbons (Fsp3) is 0.231. The van der Waals surface area contributed by atoms with Crippen molar-refractivity contribution >= 4 is 46.6 Å². The first-order valence-electron chi connectivity index (χ1n) is 10.6. The van der Waals surface area contributed by atoms with E-state index >= 15 is 0 Å². The molecule has 1 aromatic heterocycles. The molecule has 31 heavy (non-hydrogen) atoms. The number of hydrogen-bond donors (Lipinski definition) is 1. The van der Waals surface area contributed by atoms with Crippen LogP contribution >= 0.6 is 23.1 Å². The summed E-state index contributed by atoms with van der Waals surface area (Å²) in [5, 5.41) is 2.99. The van der Waals surface area contributed by atoms with E-state index in [0.29, 0.717) is 21.7 Å². The molecule has 1 N–H and O–H groups in total. The summed E-state index contributed by atoms with van der Waals surface area (Å²) in [7, 11) is 0. The Bertz CT molecular complexity index is 1190. The zero-order valence-electron chi connectivity index (χ0n) is 17.3. The lowest BCUT2D eigenvalue weighted by molar-refractivity contribution is -0.112. The molecule has 2 aromatic carbocycles. The van der Waals surface area contributed by atoms with Crippen molar-refractivity contribution in [2.45, 2.75) is 31.9 Å². The van der Waals surface area contributed by atoms with Gasteiger partial charge in [-0.05, 0) is 54.5 Å². The van der Waals surface area contributed by atoms with Gasteiger partial charge in [0.1, 0.15) is 0 Å². The first kappa shape index (κ1) is 20.3. The highest BCUT2D eigenvalue weighted by atomic mass is 32.2. The Labute approximate surface area is 190 Å². The summed E-state index contributed by atoms with van der Waals surface area (Å²) >= 11 is 3.44. The number of nitrogens with one attached hydrogen (secondary N) is 1. The first-order chi connectivity index (χ1) is 15.1. The van der Waals surface area contributed by atoms with Crippen LogP contribution in [0.15, 0.2) is 59.5 Å². The number of anilines is 1. The molecule has 1 atom stereocenters. The van der Waals surface area contributed by atoms with Crippen LogP contribution in [0.4, 0.5) is 5.69 Å². The van der Waals surface area contributed by atoms with Crippen molar-refractivity contribution in [1.29, 1.82) is 0 Å². The van der Waals surface area contributed by atoms with E-state index in [1.807, 2.05) is 47.7 Å². The van der Waals surface area contributed by atoms with Crippen LogP contribution in [0.25, 0.3) is 6.08 Å². The third kappa shape index (κ3) is 4.00. The molecule has 0 spiro atoms. The van der Waals surface area contributed by atoms with Crippen LogP contribution in [-0.4, -0.2) is 11.7 Å². The Hall–Kier alpha value is -2.63. The molecule has 0 bridgehead atoms. The molecule has 0 fully saturated rings. The Morgan fingerprint density at radius 1 is 1.00 bits per heavy atom. The summed E-state index contributed by atoms with van der Waals surface area (Å²) in [6.07, 6.45) is 5.60. The first-order valence-corrected chi connectivity index (χ1v) is 12.4. The van der Waals surface area contributed by atoms with Gasteiger partial charge in [-0.3, -0.25) is 9.59 Å². The Balaban J connectivity index is 1.39. The number of hydrogen-bond acceptors (Lipinski definition) is 4. The molecular weight excluding hydrogens is 422 g/mol. The van der Waals surface area contributed by atoms with Crippen LogP contribution in [0.2, 0.25) is 0 Å². The summed E-state index contributed by atoms with van der Waals surface area (Å²) in [4.78, 5) is 29.5. The number of carbonyl (C=O) groups excluding carboxylic acids is 2. The zero-order valence-corrected chi connectivity index (χ0v) is 18.9. The van der Waals surface area contributed by atoms with Gasteiger partial charge in [-0.2, -0.15) is 0 Å². The summed E-state index contributed by atoms with van der Waals surface area (Å²) in [6, 6.07) is 16.4. The van der Waals surface area contributed by atoms with E-state index in [2.05, 4.69) is 12.2 Å². The third-order valence-electron chi connectivity index (χ3n) is 5.97. The van der Waals surface area contributed by atoms with Crippen molar-refractivity contribution in [2.75, 3.05) is 5.32 Å². The van der Waals surface area contributed by atoms with Crippen LogP contribution in [0.1, 0.15) is 50.1 Å². The number of thiophene rings is 1. The molecule has 2 heterocycles. The minimum Gasteiger partial charge on any atom is -0.321 e. The molecule has 1 aliphatic heterocycles. The Morgan fingerprint density at radius 2 is 1.77 bits per heavy atom. The van der Waals surface area contributed by atoms with Gasteiger partial charge in [0, 0.05) is 26.6 Å². The maximum absolute atomic E-state index is 13.1. The van der Waals surface area contributed by atoms with E-state index in [1.54, 1.807) is 36.0 Å². The standard InChI is InChI=1S/C26H23NO2S2/c1-16-11-12-18-20-15-30-24(14-23(20)31-22(18)13-16)26(29)27-21-10-6-5-9-19(21)25(28)17-7-3-2-4-8-17/h2-10,14,16H,11-13,15H2,1H3,(H,27,29)/t16-/m0/s1. The van der Waals surface area contributed by atoms with Gasteiger partial charge in [0.2, 0.25) is 0 Å². The highest BCUT2D eigenvalue weighted by molar-refractivity contribution is 8.03. The minimum atomic E-state index is -0.149. The van der Waals surface area contributed by atoms with Crippen molar-refractivity contribution in [3.63, 3.8) is 0 Å². The fourth-order valence-electron chi connectivity index (χ4n) is 4.27. The van der Waals surface area contributed by atoms with E-state index < -0.39 is 0 Å². The summed E-state index contributed by atoms with van der Waals surface area (Å²) in [5.41, 5.74) is 4.62. The molecule has 156 valence electrons. The second-order valence-electron chi connectivity index (χ2n) is 8.19. The molecule has 1 amide bonds. The zero-order chi connectivity index (χ0) is 21.4. The van der Waals surface area contributed by atoms with E-state index in [0.717, 1.165) is 24.5 Å². The minimum absolute atomic E-state index is 0.0934. The van der Waals surface area contributed by atoms with Gasteiger partial charge in [0.05, 0.1) is 10.6 Å². The van der Waals surface area contributed by atoms with E-state index in [1.165, 1.54) is 27.3 Å². The van der Waals surface area contributed by atoms with Crippen LogP contribution < -0.4 is 5.32 Å². The highest BCUT2D eigenvalue weighted by Gasteiger charge is 2.27. The fourth-order valence-corrected chi connectivity index (χ4v) is 6.93. The monoisotopic (exact) mass is 445 g/mol. The molecular formula is C26H23NO2S2. The second kappa shape index (κ2) is 8.48. The largest absolute Gasteiger partial charge is 0.321 e. The number of carbonyl (C=O) groups is 2.